The van der Waals surface area contributed by atoms with Crippen LogP contribution < -0.4 is 10.2 Å². The van der Waals surface area contributed by atoms with Gasteiger partial charge < -0.3 is 10.2 Å². The predicted octanol–water partition coefficient (Wildman–Crippen LogP) is 1.31. The van der Waals surface area contributed by atoms with Gasteiger partial charge in [-0.1, -0.05) is 6.92 Å². The monoisotopic (exact) mass is 249 g/mol. The van der Waals surface area contributed by atoms with Crippen molar-refractivity contribution in [3.8, 4) is 0 Å². The zero-order valence-corrected chi connectivity index (χ0v) is 10.1. The third kappa shape index (κ3) is 2.58. The van der Waals surface area contributed by atoms with Gasteiger partial charge in [-0.3, -0.25) is 14.9 Å². The van der Waals surface area contributed by atoms with Gasteiger partial charge in [0.2, 0.25) is 5.91 Å². The van der Waals surface area contributed by atoms with Gasteiger partial charge in [-0.05, 0) is 12.1 Å². The number of nitrogens with one attached hydrogen (secondary N) is 1. The van der Waals surface area contributed by atoms with Crippen LogP contribution in [-0.2, 0) is 4.79 Å². The summed E-state index contributed by atoms with van der Waals surface area (Å²) in [5.74, 6) is 0.0587. The fourth-order valence-electron chi connectivity index (χ4n) is 1.90. The maximum absolute atomic E-state index is 11.2. The molecule has 1 aliphatic heterocycles. The number of benzene rings is 1. The van der Waals surface area contributed by atoms with E-state index < -0.39 is 4.92 Å². The van der Waals surface area contributed by atoms with E-state index in [2.05, 4.69) is 10.2 Å². The lowest BCUT2D eigenvalue weighted by Gasteiger charge is -2.41. The van der Waals surface area contributed by atoms with E-state index in [1.807, 2.05) is 6.92 Å². The molecule has 0 radical (unpaired) electrons. The molecule has 2 rings (SSSR count). The van der Waals surface area contributed by atoms with Gasteiger partial charge in [0.25, 0.3) is 5.69 Å². The molecule has 1 N–H and O–H groups in total. The molecule has 1 fully saturated rings. The summed E-state index contributed by atoms with van der Waals surface area (Å²) in [5.41, 5.74) is 1.04. The standard InChI is InChI=1S/C12H15N3O3/c1-2-12(16)13-9-7-14(8-9)10-3-5-11(6-4-10)15(17)18/h3-6,9H,2,7-8H2,1H3,(H,13,16). The molecule has 6 nitrogen and oxygen atoms in total. The Morgan fingerprint density at radius 1 is 1.44 bits per heavy atom. The Kier molecular flexibility index (Phi) is 3.45. The van der Waals surface area contributed by atoms with Gasteiger partial charge in [0, 0.05) is 37.3 Å². The second kappa shape index (κ2) is 5.03. The van der Waals surface area contributed by atoms with Crippen LogP contribution in [0, 0.1) is 10.1 Å². The molecule has 96 valence electrons. The van der Waals surface area contributed by atoms with Gasteiger partial charge in [0.05, 0.1) is 11.0 Å². The summed E-state index contributed by atoms with van der Waals surface area (Å²) in [4.78, 5) is 23.4. The smallest absolute Gasteiger partial charge is 0.269 e. The summed E-state index contributed by atoms with van der Waals surface area (Å²) in [5, 5.41) is 13.4. The van der Waals surface area contributed by atoms with Crippen molar-refractivity contribution in [2.45, 2.75) is 19.4 Å². The molecule has 1 aromatic rings. The topological polar surface area (TPSA) is 75.5 Å². The van der Waals surface area contributed by atoms with Crippen molar-refractivity contribution < 1.29 is 9.72 Å². The third-order valence-electron chi connectivity index (χ3n) is 2.99. The number of hydrogen-bond acceptors (Lipinski definition) is 4. The minimum Gasteiger partial charge on any atom is -0.367 e. The quantitative estimate of drug-likeness (QED) is 0.644. The van der Waals surface area contributed by atoms with E-state index in [-0.39, 0.29) is 17.6 Å². The Balaban J connectivity index is 1.88. The van der Waals surface area contributed by atoms with E-state index >= 15 is 0 Å². The Bertz CT molecular complexity index is 452. The van der Waals surface area contributed by atoms with Crippen molar-refractivity contribution in [1.82, 2.24) is 5.32 Å². The van der Waals surface area contributed by atoms with Crippen molar-refractivity contribution in [2.75, 3.05) is 18.0 Å². The highest BCUT2D eigenvalue weighted by atomic mass is 16.6. The molecule has 1 saturated heterocycles. The molecular weight excluding hydrogens is 234 g/mol. The summed E-state index contributed by atoms with van der Waals surface area (Å²) in [6, 6.07) is 6.64. The number of carbonyl (C=O) groups is 1. The molecule has 6 heteroatoms. The Hall–Kier alpha value is -2.11. The van der Waals surface area contributed by atoms with Crippen LogP contribution in [0.4, 0.5) is 11.4 Å². The lowest BCUT2D eigenvalue weighted by molar-refractivity contribution is -0.384. The van der Waals surface area contributed by atoms with Crippen LogP contribution in [0.5, 0.6) is 0 Å². The van der Waals surface area contributed by atoms with Gasteiger partial charge in [0.1, 0.15) is 0 Å². The summed E-state index contributed by atoms with van der Waals surface area (Å²) in [7, 11) is 0. The fourth-order valence-corrected chi connectivity index (χ4v) is 1.90. The van der Waals surface area contributed by atoms with Crippen molar-refractivity contribution in [2.24, 2.45) is 0 Å². The van der Waals surface area contributed by atoms with E-state index in [1.54, 1.807) is 12.1 Å². The van der Waals surface area contributed by atoms with E-state index in [0.29, 0.717) is 6.42 Å². The van der Waals surface area contributed by atoms with Crippen LogP contribution in [0.25, 0.3) is 0 Å². The second-order valence-electron chi connectivity index (χ2n) is 4.30. The Morgan fingerprint density at radius 3 is 2.56 bits per heavy atom. The van der Waals surface area contributed by atoms with E-state index in [1.165, 1.54) is 12.1 Å². The van der Waals surface area contributed by atoms with Crippen molar-refractivity contribution in [3.63, 3.8) is 0 Å². The second-order valence-corrected chi connectivity index (χ2v) is 4.30. The molecule has 1 amide bonds. The SMILES string of the molecule is CCC(=O)NC1CN(c2ccc([N+](=O)[O-])cc2)C1. The minimum absolute atomic E-state index is 0.0587. The highest BCUT2D eigenvalue weighted by Gasteiger charge is 2.27. The van der Waals surface area contributed by atoms with Gasteiger partial charge in [0.15, 0.2) is 0 Å². The minimum atomic E-state index is -0.413. The largest absolute Gasteiger partial charge is 0.367 e. The lowest BCUT2D eigenvalue weighted by Crippen LogP contribution is -2.59. The number of anilines is 1. The number of non-ortho nitro benzene ring substituents is 1. The van der Waals surface area contributed by atoms with E-state index in [9.17, 15) is 14.9 Å². The predicted molar refractivity (Wildman–Crippen MR) is 67.5 cm³/mol. The third-order valence-corrected chi connectivity index (χ3v) is 2.99. The number of nitro benzene ring substituents is 1. The molecule has 0 aromatic heterocycles. The zero-order chi connectivity index (χ0) is 13.1. The van der Waals surface area contributed by atoms with Gasteiger partial charge >= 0.3 is 0 Å². The maximum Gasteiger partial charge on any atom is 0.269 e. The van der Waals surface area contributed by atoms with Crippen molar-refractivity contribution in [1.29, 1.82) is 0 Å². The number of amides is 1. The van der Waals surface area contributed by atoms with Crippen LogP contribution in [0.1, 0.15) is 13.3 Å². The normalized spacial score (nSPS) is 15.1. The molecular formula is C12H15N3O3. The van der Waals surface area contributed by atoms with Crippen molar-refractivity contribution >= 4 is 17.3 Å². The average Bonchev–Trinajstić information content (AvgIpc) is 2.33. The van der Waals surface area contributed by atoms with Crippen LogP contribution in [0.2, 0.25) is 0 Å². The van der Waals surface area contributed by atoms with Crippen LogP contribution >= 0.6 is 0 Å². The first-order valence-corrected chi connectivity index (χ1v) is 5.89. The summed E-state index contributed by atoms with van der Waals surface area (Å²) in [6.45, 7) is 3.33. The summed E-state index contributed by atoms with van der Waals surface area (Å²) >= 11 is 0. The molecule has 0 atom stereocenters. The number of nitrogens with zero attached hydrogens (tertiary/aromatic N) is 2. The first-order valence-electron chi connectivity index (χ1n) is 5.89. The van der Waals surface area contributed by atoms with Gasteiger partial charge in [-0.15, -0.1) is 0 Å². The van der Waals surface area contributed by atoms with Crippen LogP contribution in [0.15, 0.2) is 24.3 Å². The molecule has 0 unspecified atom stereocenters. The Morgan fingerprint density at radius 2 is 2.06 bits per heavy atom. The number of carbonyl (C=O) groups excluding carboxylic acids is 1. The Labute approximate surface area is 105 Å². The fraction of sp³-hybridized carbons (Fsp3) is 0.417. The molecule has 18 heavy (non-hydrogen) atoms. The van der Waals surface area contributed by atoms with E-state index in [4.69, 9.17) is 0 Å². The maximum atomic E-state index is 11.2. The number of rotatable bonds is 4. The molecule has 0 aliphatic carbocycles. The highest BCUT2D eigenvalue weighted by Crippen LogP contribution is 2.23. The number of nitro groups is 1. The first-order chi connectivity index (χ1) is 8.60. The zero-order valence-electron chi connectivity index (χ0n) is 10.1. The number of hydrogen-bond donors (Lipinski definition) is 1. The van der Waals surface area contributed by atoms with E-state index in [0.717, 1.165) is 18.8 Å². The summed E-state index contributed by atoms with van der Waals surface area (Å²) in [6.07, 6.45) is 0.494. The molecule has 0 bridgehead atoms. The summed E-state index contributed by atoms with van der Waals surface area (Å²) < 4.78 is 0. The van der Waals surface area contributed by atoms with Crippen molar-refractivity contribution in [3.05, 3.63) is 34.4 Å². The van der Waals surface area contributed by atoms with Crippen LogP contribution in [-0.4, -0.2) is 30.0 Å². The lowest BCUT2D eigenvalue weighted by atomic mass is 10.1. The molecule has 1 aliphatic rings. The van der Waals surface area contributed by atoms with Gasteiger partial charge in [-0.2, -0.15) is 0 Å². The molecule has 1 heterocycles. The molecule has 0 saturated carbocycles. The van der Waals surface area contributed by atoms with Crippen LogP contribution in [0.3, 0.4) is 0 Å². The van der Waals surface area contributed by atoms with Gasteiger partial charge in [-0.25, -0.2) is 0 Å². The molecule has 0 spiro atoms. The first kappa shape index (κ1) is 12.3. The average molecular weight is 249 g/mol. The molecule has 1 aromatic carbocycles. The highest BCUT2D eigenvalue weighted by molar-refractivity contribution is 5.76.